The number of rotatable bonds is 6. The number of Topliss-reactive ketones (excluding diaryl/α,β-unsaturated/α-hetero) is 1. The van der Waals surface area contributed by atoms with E-state index in [0.29, 0.717) is 17.2 Å². The quantitative estimate of drug-likeness (QED) is 0.556. The lowest BCUT2D eigenvalue weighted by molar-refractivity contribution is 0.0997. The van der Waals surface area contributed by atoms with E-state index < -0.39 is 0 Å². The summed E-state index contributed by atoms with van der Waals surface area (Å²) in [7, 11) is 0. The zero-order valence-corrected chi connectivity index (χ0v) is 15.8. The number of nitrogens with zero attached hydrogens (tertiary/aromatic N) is 1. The van der Waals surface area contributed by atoms with Crippen molar-refractivity contribution in [2.24, 2.45) is 0 Å². The highest BCUT2D eigenvalue weighted by Crippen LogP contribution is 2.27. The molecule has 0 bridgehead atoms. The van der Waals surface area contributed by atoms with Crippen molar-refractivity contribution in [2.45, 2.75) is 18.7 Å². The van der Waals surface area contributed by atoms with Crippen molar-refractivity contribution in [3.8, 4) is 5.75 Å². The van der Waals surface area contributed by atoms with E-state index >= 15 is 0 Å². The van der Waals surface area contributed by atoms with Gasteiger partial charge in [0.1, 0.15) is 17.7 Å². The van der Waals surface area contributed by atoms with Gasteiger partial charge in [-0.3, -0.25) is 4.79 Å². The predicted molar refractivity (Wildman–Crippen MR) is 108 cm³/mol. The summed E-state index contributed by atoms with van der Waals surface area (Å²) in [5, 5.41) is 0.163. The zero-order valence-electron chi connectivity index (χ0n) is 14.2. The van der Waals surface area contributed by atoms with Crippen LogP contribution in [0.3, 0.4) is 0 Å². The number of carbonyl (C=O) groups is 1. The van der Waals surface area contributed by atoms with Gasteiger partial charge in [0.15, 0.2) is 5.78 Å². The lowest BCUT2D eigenvalue weighted by Gasteiger charge is -2.26. The smallest absolute Gasteiger partial charge is 0.169 e. The fourth-order valence-corrected chi connectivity index (χ4v) is 4.36. The number of carbonyl (C=O) groups excluding carboxylic acids is 1. The second kappa shape index (κ2) is 8.50. The number of ketones is 1. The largest absolute Gasteiger partial charge is 0.490 e. The van der Waals surface area contributed by atoms with E-state index in [1.807, 2.05) is 73.3 Å². The number of para-hydroxylation sites is 1. The van der Waals surface area contributed by atoms with E-state index in [0.717, 1.165) is 23.6 Å². The molecule has 1 heterocycles. The van der Waals surface area contributed by atoms with Crippen LogP contribution in [-0.2, 0) is 0 Å². The summed E-state index contributed by atoms with van der Waals surface area (Å²) in [6, 6.07) is 17.3. The van der Waals surface area contributed by atoms with Gasteiger partial charge in [0.25, 0.3) is 0 Å². The van der Waals surface area contributed by atoms with E-state index in [4.69, 9.17) is 17.0 Å². The van der Waals surface area contributed by atoms with Crippen LogP contribution < -0.4 is 4.74 Å². The molecule has 0 radical (unpaired) electrons. The summed E-state index contributed by atoms with van der Waals surface area (Å²) in [5.74, 6) is 1.98. The Morgan fingerprint density at radius 3 is 2.68 bits per heavy atom. The first-order valence-electron chi connectivity index (χ1n) is 8.33. The Kier molecular flexibility index (Phi) is 6.10. The molecule has 5 heteroatoms. The third kappa shape index (κ3) is 4.61. The molecule has 0 aromatic heterocycles. The van der Waals surface area contributed by atoms with Crippen LogP contribution in [0, 0.1) is 6.92 Å². The molecule has 1 unspecified atom stereocenters. The molecular formula is C20H21NO2S2. The van der Waals surface area contributed by atoms with Gasteiger partial charge in [0.2, 0.25) is 0 Å². The Hall–Kier alpha value is -1.85. The third-order valence-corrected chi connectivity index (χ3v) is 5.77. The first-order chi connectivity index (χ1) is 12.1. The standard InChI is InChI=1S/C20H21NO2S2/c1-15-7-5-6-10-18(15)23-14-20-21(11-12-25-20)19(24)13-17(22)16-8-3-2-4-9-16/h2-10,20H,11-14H2,1H3. The fraction of sp³-hybridized carbons (Fsp3) is 0.300. The van der Waals surface area contributed by atoms with Crippen molar-refractivity contribution in [1.82, 2.24) is 4.90 Å². The molecule has 1 aliphatic rings. The number of hydrogen-bond acceptors (Lipinski definition) is 4. The number of ether oxygens (including phenoxy) is 1. The minimum Gasteiger partial charge on any atom is -0.490 e. The van der Waals surface area contributed by atoms with Gasteiger partial charge in [-0.2, -0.15) is 0 Å². The Morgan fingerprint density at radius 1 is 1.20 bits per heavy atom. The highest BCUT2D eigenvalue weighted by atomic mass is 32.2. The molecule has 0 saturated carbocycles. The minimum absolute atomic E-state index is 0.0704. The molecule has 2 aromatic rings. The number of benzene rings is 2. The van der Waals surface area contributed by atoms with Crippen LogP contribution >= 0.6 is 24.0 Å². The molecule has 1 fully saturated rings. The Bertz CT molecular complexity index is 748. The van der Waals surface area contributed by atoms with Gasteiger partial charge in [-0.15, -0.1) is 11.8 Å². The van der Waals surface area contributed by atoms with Gasteiger partial charge in [0.05, 0.1) is 11.4 Å². The van der Waals surface area contributed by atoms with Gasteiger partial charge >= 0.3 is 0 Å². The first-order valence-corrected chi connectivity index (χ1v) is 9.78. The number of aryl methyl sites for hydroxylation is 1. The zero-order chi connectivity index (χ0) is 17.6. The van der Waals surface area contributed by atoms with Gasteiger partial charge in [-0.05, 0) is 18.6 Å². The average molecular weight is 372 g/mol. The molecule has 25 heavy (non-hydrogen) atoms. The molecule has 0 N–H and O–H groups in total. The molecular weight excluding hydrogens is 350 g/mol. The van der Waals surface area contributed by atoms with Gasteiger partial charge < -0.3 is 9.64 Å². The molecule has 130 valence electrons. The van der Waals surface area contributed by atoms with Crippen LogP contribution in [0.2, 0.25) is 0 Å². The predicted octanol–water partition coefficient (Wildman–Crippen LogP) is 4.35. The molecule has 0 amide bonds. The highest BCUT2D eigenvalue weighted by molar-refractivity contribution is 8.00. The van der Waals surface area contributed by atoms with E-state index in [9.17, 15) is 4.79 Å². The normalized spacial score (nSPS) is 16.7. The summed E-state index contributed by atoms with van der Waals surface area (Å²) >= 11 is 7.39. The van der Waals surface area contributed by atoms with Gasteiger partial charge in [0, 0.05) is 17.9 Å². The highest BCUT2D eigenvalue weighted by Gasteiger charge is 2.28. The van der Waals surface area contributed by atoms with Crippen molar-refractivity contribution in [2.75, 3.05) is 18.9 Å². The average Bonchev–Trinajstić information content (AvgIpc) is 3.10. The third-order valence-electron chi connectivity index (χ3n) is 4.19. The van der Waals surface area contributed by atoms with Crippen LogP contribution in [0.25, 0.3) is 0 Å². The van der Waals surface area contributed by atoms with Crippen LogP contribution in [0.15, 0.2) is 54.6 Å². The molecule has 1 saturated heterocycles. The Balaban J connectivity index is 1.58. The SMILES string of the molecule is Cc1ccccc1OCC1SCCN1C(=S)CC(=O)c1ccccc1. The Labute approximate surface area is 158 Å². The maximum absolute atomic E-state index is 12.4. The molecule has 3 rings (SSSR count). The maximum Gasteiger partial charge on any atom is 0.169 e. The molecule has 2 aromatic carbocycles. The first kappa shape index (κ1) is 18.0. The van der Waals surface area contributed by atoms with Crippen LogP contribution in [0.4, 0.5) is 0 Å². The van der Waals surface area contributed by atoms with Crippen molar-refractivity contribution in [1.29, 1.82) is 0 Å². The molecule has 0 aliphatic carbocycles. The Morgan fingerprint density at radius 2 is 1.92 bits per heavy atom. The van der Waals surface area contributed by atoms with E-state index in [2.05, 4.69) is 4.90 Å². The summed E-state index contributed by atoms with van der Waals surface area (Å²) < 4.78 is 5.98. The van der Waals surface area contributed by atoms with Crippen molar-refractivity contribution in [3.05, 3.63) is 65.7 Å². The van der Waals surface area contributed by atoms with Crippen LogP contribution in [0.5, 0.6) is 5.75 Å². The van der Waals surface area contributed by atoms with E-state index in [1.165, 1.54) is 0 Å². The minimum atomic E-state index is 0.0704. The van der Waals surface area contributed by atoms with Gasteiger partial charge in [-0.1, -0.05) is 60.7 Å². The van der Waals surface area contributed by atoms with E-state index in [1.54, 1.807) is 0 Å². The molecule has 0 spiro atoms. The maximum atomic E-state index is 12.4. The van der Waals surface area contributed by atoms with Crippen molar-refractivity contribution in [3.63, 3.8) is 0 Å². The number of hydrogen-bond donors (Lipinski definition) is 0. The van der Waals surface area contributed by atoms with Crippen LogP contribution in [0.1, 0.15) is 22.3 Å². The van der Waals surface area contributed by atoms with Crippen LogP contribution in [-0.4, -0.2) is 40.0 Å². The van der Waals surface area contributed by atoms with Gasteiger partial charge in [-0.25, -0.2) is 0 Å². The van der Waals surface area contributed by atoms with Crippen molar-refractivity contribution >= 4 is 34.8 Å². The summed E-state index contributed by atoms with van der Waals surface area (Å²) in [5.41, 5.74) is 1.84. The lowest BCUT2D eigenvalue weighted by atomic mass is 10.1. The lowest BCUT2D eigenvalue weighted by Crippen LogP contribution is -2.38. The number of thioether (sulfide) groups is 1. The summed E-state index contributed by atoms with van der Waals surface area (Å²) in [6.07, 6.45) is 0.279. The fourth-order valence-electron chi connectivity index (χ4n) is 2.79. The molecule has 1 aliphatic heterocycles. The van der Waals surface area contributed by atoms with Crippen molar-refractivity contribution < 1.29 is 9.53 Å². The van der Waals surface area contributed by atoms with E-state index in [-0.39, 0.29) is 17.6 Å². The topological polar surface area (TPSA) is 29.5 Å². The monoisotopic (exact) mass is 371 g/mol. The summed E-state index contributed by atoms with van der Waals surface area (Å²) in [6.45, 7) is 3.47. The molecule has 3 nitrogen and oxygen atoms in total. The number of thiocarbonyl (C=S) groups is 1. The second-order valence-corrected chi connectivity index (χ2v) is 7.71. The second-order valence-electron chi connectivity index (χ2n) is 5.96. The molecule has 1 atom stereocenters. The summed E-state index contributed by atoms with van der Waals surface area (Å²) in [4.78, 5) is 15.2.